The summed E-state index contributed by atoms with van der Waals surface area (Å²) in [5.74, 6) is -4.08. The first kappa shape index (κ1) is 33.0. The molecule has 0 saturated carbocycles. The van der Waals surface area contributed by atoms with Crippen LogP contribution in [0, 0.1) is 0 Å². The Kier molecular flexibility index (Phi) is 14.3. The molecule has 0 radical (unpaired) electrons. The molecule has 1 aliphatic heterocycles. The molecule has 0 aliphatic carbocycles. The minimum atomic E-state index is -4.45. The van der Waals surface area contributed by atoms with Gasteiger partial charge in [-0.25, -0.2) is 13.2 Å². The van der Waals surface area contributed by atoms with Crippen molar-refractivity contribution in [1.82, 2.24) is 5.32 Å². The molecule has 1 saturated heterocycles. The number of alkyl carbamates (subject to hydrolysis) is 1. The second kappa shape index (κ2) is 15.2. The monoisotopic (exact) mass is 535 g/mol. The van der Waals surface area contributed by atoms with Crippen molar-refractivity contribution in [3.05, 3.63) is 0 Å². The molecule has 1 N–H and O–H groups in total. The molecular formula is C18H26NNaO14S. The van der Waals surface area contributed by atoms with E-state index in [9.17, 15) is 36.9 Å². The summed E-state index contributed by atoms with van der Waals surface area (Å²) in [6.45, 7) is 3.33. The molecule has 1 aliphatic rings. The maximum atomic E-state index is 11.9. The summed E-state index contributed by atoms with van der Waals surface area (Å²) < 4.78 is 62.7. The van der Waals surface area contributed by atoms with E-state index in [1.165, 1.54) is 0 Å². The summed E-state index contributed by atoms with van der Waals surface area (Å²) in [7, 11) is -4.45. The summed E-state index contributed by atoms with van der Waals surface area (Å²) in [6.07, 6.45) is -8.63. The maximum Gasteiger partial charge on any atom is 1.00 e. The van der Waals surface area contributed by atoms with Gasteiger partial charge in [-0.1, -0.05) is 0 Å². The molecule has 5 atom stereocenters. The third-order valence-electron chi connectivity index (χ3n) is 4.00. The van der Waals surface area contributed by atoms with Gasteiger partial charge in [0.2, 0.25) is 12.4 Å². The predicted molar refractivity (Wildman–Crippen MR) is 106 cm³/mol. The summed E-state index contributed by atoms with van der Waals surface area (Å²) in [5.41, 5.74) is 0. The van der Waals surface area contributed by atoms with Gasteiger partial charge in [0.05, 0.1) is 10.1 Å². The Morgan fingerprint density at radius 2 is 1.31 bits per heavy atom. The molecular weight excluding hydrogens is 509 g/mol. The molecule has 194 valence electrons. The summed E-state index contributed by atoms with van der Waals surface area (Å²) in [4.78, 5) is 58.4. The van der Waals surface area contributed by atoms with Crippen LogP contribution in [0.1, 0.15) is 34.1 Å². The molecule has 0 spiro atoms. The standard InChI is InChI=1S/C18H27NO14S.Na/c1-9(20)29-14-13(8-28-18(24)19-6-5-7-34(25,26)27)33-17(32-12(4)23)16(31-11(3)22)15(14)30-10(2)21;/h13-17H,5-8H2,1-4H3,(H,19,24)(H,25,26,27);/q;+1/p-1/t13-,14-,15+,16-,17-;/m1./s1. The topological polar surface area (TPSA) is 210 Å². The van der Waals surface area contributed by atoms with Crippen LogP contribution in [-0.4, -0.2) is 92.6 Å². The number of hydrogen-bond donors (Lipinski definition) is 1. The summed E-state index contributed by atoms with van der Waals surface area (Å²) >= 11 is 0. The van der Waals surface area contributed by atoms with Gasteiger partial charge in [-0.15, -0.1) is 0 Å². The Morgan fingerprint density at radius 3 is 1.80 bits per heavy atom. The van der Waals surface area contributed by atoms with Crippen LogP contribution in [0.5, 0.6) is 0 Å². The number of esters is 4. The van der Waals surface area contributed by atoms with Crippen molar-refractivity contribution in [2.75, 3.05) is 18.9 Å². The normalized spacial score (nSPS) is 23.6. The maximum absolute atomic E-state index is 11.9. The van der Waals surface area contributed by atoms with E-state index in [0.29, 0.717) is 0 Å². The van der Waals surface area contributed by atoms with Crippen LogP contribution in [0.15, 0.2) is 0 Å². The zero-order valence-electron chi connectivity index (χ0n) is 19.8. The third kappa shape index (κ3) is 13.1. The van der Waals surface area contributed by atoms with Crippen LogP contribution in [0.4, 0.5) is 4.79 Å². The van der Waals surface area contributed by atoms with E-state index < -0.39 is 83.2 Å². The van der Waals surface area contributed by atoms with Gasteiger partial charge in [0.15, 0.2) is 12.2 Å². The smallest absolute Gasteiger partial charge is 0.748 e. The number of amides is 1. The predicted octanol–water partition coefficient (Wildman–Crippen LogP) is -4.26. The largest absolute Gasteiger partial charge is 1.00 e. The molecule has 1 fully saturated rings. The molecule has 0 unspecified atom stereocenters. The van der Waals surface area contributed by atoms with Gasteiger partial charge in [0.1, 0.15) is 12.7 Å². The number of carbonyl (C=O) groups is 5. The number of nitrogens with one attached hydrogen (secondary N) is 1. The van der Waals surface area contributed by atoms with Crippen molar-refractivity contribution in [3.8, 4) is 0 Å². The van der Waals surface area contributed by atoms with Gasteiger partial charge in [0.25, 0.3) is 0 Å². The minimum Gasteiger partial charge on any atom is -0.748 e. The van der Waals surface area contributed by atoms with E-state index in [2.05, 4.69) is 5.32 Å². The van der Waals surface area contributed by atoms with Gasteiger partial charge >= 0.3 is 59.5 Å². The van der Waals surface area contributed by atoms with E-state index in [4.69, 9.17) is 28.4 Å². The second-order valence-corrected chi connectivity index (χ2v) is 8.54. The quantitative estimate of drug-likeness (QED) is 0.0923. The van der Waals surface area contributed by atoms with Gasteiger partial charge in [0, 0.05) is 40.0 Å². The van der Waals surface area contributed by atoms with Crippen molar-refractivity contribution in [2.45, 2.75) is 64.8 Å². The van der Waals surface area contributed by atoms with Gasteiger partial charge in [-0.05, 0) is 6.42 Å². The third-order valence-corrected chi connectivity index (χ3v) is 4.79. The van der Waals surface area contributed by atoms with Crippen LogP contribution in [0.25, 0.3) is 0 Å². The Bertz CT molecular complexity index is 878. The molecule has 1 heterocycles. The molecule has 0 aromatic carbocycles. The van der Waals surface area contributed by atoms with Crippen molar-refractivity contribution in [2.24, 2.45) is 0 Å². The van der Waals surface area contributed by atoms with E-state index in [1.807, 2.05) is 0 Å². The average molecular weight is 535 g/mol. The van der Waals surface area contributed by atoms with E-state index in [-0.39, 0.29) is 42.5 Å². The summed E-state index contributed by atoms with van der Waals surface area (Å²) in [6, 6.07) is 0. The fourth-order valence-electron chi connectivity index (χ4n) is 2.90. The van der Waals surface area contributed by atoms with Gasteiger partial charge in [-0.2, -0.15) is 0 Å². The number of hydrogen-bond acceptors (Lipinski definition) is 14. The Labute approximate surface area is 223 Å². The SMILES string of the molecule is CC(=O)O[C@@H]1O[C@H](COC(=O)NCCCS(=O)(=O)[O-])[C@@H](OC(C)=O)[C@H](OC(C)=O)[C@H]1OC(C)=O.[Na+]. The minimum absolute atomic E-state index is 0. The van der Waals surface area contributed by atoms with Crippen molar-refractivity contribution in [3.63, 3.8) is 0 Å². The molecule has 1 amide bonds. The molecule has 17 heteroatoms. The zero-order chi connectivity index (χ0) is 26.1. The Hall–Kier alpha value is -1.98. The molecule has 0 aromatic heterocycles. The average Bonchev–Trinajstić information content (AvgIpc) is 2.66. The first-order valence-electron chi connectivity index (χ1n) is 9.88. The number of carbonyl (C=O) groups excluding carboxylic acids is 5. The van der Waals surface area contributed by atoms with E-state index in [1.54, 1.807) is 0 Å². The van der Waals surface area contributed by atoms with Crippen LogP contribution in [-0.2, 0) is 57.7 Å². The van der Waals surface area contributed by atoms with Crippen LogP contribution >= 0.6 is 0 Å². The fourth-order valence-corrected chi connectivity index (χ4v) is 3.39. The van der Waals surface area contributed by atoms with Crippen molar-refractivity contribution in [1.29, 1.82) is 0 Å². The Morgan fingerprint density at radius 1 is 0.829 bits per heavy atom. The van der Waals surface area contributed by atoms with E-state index in [0.717, 1.165) is 27.7 Å². The number of rotatable bonds is 10. The molecule has 0 bridgehead atoms. The van der Waals surface area contributed by atoms with Crippen LogP contribution in [0.3, 0.4) is 0 Å². The zero-order valence-corrected chi connectivity index (χ0v) is 22.7. The molecule has 35 heavy (non-hydrogen) atoms. The van der Waals surface area contributed by atoms with Crippen molar-refractivity contribution >= 4 is 40.1 Å². The second-order valence-electron chi connectivity index (χ2n) is 7.02. The van der Waals surface area contributed by atoms with Crippen LogP contribution in [0.2, 0.25) is 0 Å². The van der Waals surface area contributed by atoms with Gasteiger partial charge < -0.3 is 38.3 Å². The van der Waals surface area contributed by atoms with Crippen molar-refractivity contribution < 1.29 is 94.9 Å². The summed E-state index contributed by atoms with van der Waals surface area (Å²) in [5, 5.41) is 2.20. The molecule has 15 nitrogen and oxygen atoms in total. The first-order valence-corrected chi connectivity index (χ1v) is 11.5. The molecule has 1 rings (SSSR count). The number of ether oxygens (including phenoxy) is 6. The van der Waals surface area contributed by atoms with E-state index >= 15 is 0 Å². The fraction of sp³-hybridized carbons (Fsp3) is 0.722. The van der Waals surface area contributed by atoms with Gasteiger partial charge in [-0.3, -0.25) is 19.2 Å². The van der Waals surface area contributed by atoms with Crippen LogP contribution < -0.4 is 34.9 Å². The Balaban J connectivity index is 0.0000116. The molecule has 0 aromatic rings. The first-order chi connectivity index (χ1) is 15.7.